The van der Waals surface area contributed by atoms with Gasteiger partial charge in [0.15, 0.2) is 11.7 Å². The molecule has 0 radical (unpaired) electrons. The monoisotopic (exact) mass is 154 g/mol. The maximum Gasteiger partial charge on any atom is 0.359 e. The molecule has 1 aromatic rings. The second-order valence-corrected chi connectivity index (χ2v) is 3.56. The first-order chi connectivity index (χ1) is 5.02. The zero-order valence-corrected chi connectivity index (χ0v) is 7.13. The van der Waals surface area contributed by atoms with Gasteiger partial charge in [-0.15, -0.1) is 4.39 Å². The Labute approximate surface area is 66.5 Å². The number of aromatic nitrogens is 1. The molecule has 0 saturated carbocycles. The van der Waals surface area contributed by atoms with Gasteiger partial charge in [0.1, 0.15) is 0 Å². The van der Waals surface area contributed by atoms with Gasteiger partial charge < -0.3 is 0 Å². The second-order valence-electron chi connectivity index (χ2n) is 3.56. The van der Waals surface area contributed by atoms with E-state index in [1.165, 1.54) is 6.07 Å². The number of halogens is 1. The van der Waals surface area contributed by atoms with Crippen molar-refractivity contribution in [2.45, 2.75) is 26.3 Å². The van der Waals surface area contributed by atoms with E-state index in [-0.39, 0.29) is 11.5 Å². The summed E-state index contributed by atoms with van der Waals surface area (Å²) in [6, 6.07) is 4.98. The van der Waals surface area contributed by atoms with E-state index in [4.69, 9.17) is 0 Å². The molecule has 0 fully saturated rings. The van der Waals surface area contributed by atoms with Gasteiger partial charge in [0.2, 0.25) is 0 Å². The van der Waals surface area contributed by atoms with Crippen LogP contribution in [0.3, 0.4) is 0 Å². The molecule has 0 atom stereocenters. The van der Waals surface area contributed by atoms with Crippen molar-refractivity contribution < 1.29 is 8.96 Å². The van der Waals surface area contributed by atoms with Crippen LogP contribution in [0.5, 0.6) is 0 Å². The molecule has 0 aliphatic carbocycles. The first-order valence-corrected chi connectivity index (χ1v) is 3.68. The van der Waals surface area contributed by atoms with Crippen molar-refractivity contribution in [1.29, 1.82) is 0 Å². The van der Waals surface area contributed by atoms with Gasteiger partial charge in [0.25, 0.3) is 0 Å². The molecule has 60 valence electrons. The largest absolute Gasteiger partial charge is 0.359 e. The van der Waals surface area contributed by atoms with E-state index in [1.54, 1.807) is 16.8 Å². The van der Waals surface area contributed by atoms with Crippen LogP contribution in [0, 0.1) is 5.95 Å². The third-order valence-electron chi connectivity index (χ3n) is 1.53. The van der Waals surface area contributed by atoms with E-state index in [2.05, 4.69) is 0 Å². The number of hydrogen-bond acceptors (Lipinski definition) is 0. The number of nitrogens with zero attached hydrogens (tertiary/aromatic N) is 1. The van der Waals surface area contributed by atoms with Gasteiger partial charge in [-0.05, 0) is 6.07 Å². The number of rotatable bonds is 0. The summed E-state index contributed by atoms with van der Waals surface area (Å²) in [6.07, 6.45) is 1.75. The minimum Gasteiger partial charge on any atom is -0.169 e. The van der Waals surface area contributed by atoms with Crippen molar-refractivity contribution in [3.8, 4) is 0 Å². The first kappa shape index (κ1) is 8.18. The van der Waals surface area contributed by atoms with Crippen LogP contribution in [0.1, 0.15) is 20.8 Å². The lowest BCUT2D eigenvalue weighted by Crippen LogP contribution is -2.52. The lowest BCUT2D eigenvalue weighted by Gasteiger charge is -2.12. The van der Waals surface area contributed by atoms with Crippen LogP contribution >= 0.6 is 0 Å². The Kier molecular flexibility index (Phi) is 1.94. The highest BCUT2D eigenvalue weighted by Crippen LogP contribution is 2.04. The molecule has 0 spiro atoms. The number of pyridine rings is 1. The molecule has 1 aromatic heterocycles. The summed E-state index contributed by atoms with van der Waals surface area (Å²) in [6.45, 7) is 5.90. The SMILES string of the molecule is CC(C)(C)[n+]1ccccc1F. The Hall–Kier alpha value is -0.920. The fourth-order valence-corrected chi connectivity index (χ4v) is 0.966. The second kappa shape index (κ2) is 2.61. The summed E-state index contributed by atoms with van der Waals surface area (Å²) in [7, 11) is 0. The van der Waals surface area contributed by atoms with E-state index >= 15 is 0 Å². The predicted octanol–water partition coefficient (Wildman–Crippen LogP) is 1.87. The summed E-state index contributed by atoms with van der Waals surface area (Å²) >= 11 is 0. The zero-order chi connectivity index (χ0) is 8.48. The maximum absolute atomic E-state index is 13.0. The van der Waals surface area contributed by atoms with E-state index in [1.807, 2.05) is 26.8 Å². The first-order valence-electron chi connectivity index (χ1n) is 3.68. The molecule has 0 aliphatic rings. The van der Waals surface area contributed by atoms with Crippen molar-refractivity contribution in [2.75, 3.05) is 0 Å². The standard InChI is InChI=1S/C9H13FN/c1-9(2,3)11-7-5-4-6-8(11)10/h4-7H,1-3H3/q+1. The molecule has 0 amide bonds. The third kappa shape index (κ3) is 1.76. The Bertz CT molecular complexity index is 250. The van der Waals surface area contributed by atoms with Gasteiger partial charge in [-0.3, -0.25) is 0 Å². The quantitative estimate of drug-likeness (QED) is 0.397. The lowest BCUT2D eigenvalue weighted by molar-refractivity contribution is -0.778. The van der Waals surface area contributed by atoms with Crippen molar-refractivity contribution in [3.05, 3.63) is 30.3 Å². The van der Waals surface area contributed by atoms with Gasteiger partial charge in [-0.2, -0.15) is 4.57 Å². The summed E-state index contributed by atoms with van der Waals surface area (Å²) in [5, 5.41) is 0. The normalized spacial score (nSPS) is 11.6. The van der Waals surface area contributed by atoms with E-state index in [0.29, 0.717) is 0 Å². The minimum atomic E-state index is -0.194. The topological polar surface area (TPSA) is 3.88 Å². The fraction of sp³-hybridized carbons (Fsp3) is 0.444. The van der Waals surface area contributed by atoms with Crippen molar-refractivity contribution in [2.24, 2.45) is 0 Å². The minimum absolute atomic E-state index is 0.175. The maximum atomic E-state index is 13.0. The fourth-order valence-electron chi connectivity index (χ4n) is 0.966. The molecule has 0 aliphatic heterocycles. The summed E-state index contributed by atoms with van der Waals surface area (Å²) < 4.78 is 14.7. The number of hydrogen-bond donors (Lipinski definition) is 0. The van der Waals surface area contributed by atoms with Gasteiger partial charge in [0.05, 0.1) is 0 Å². The molecule has 1 rings (SSSR count). The summed E-state index contributed by atoms with van der Waals surface area (Å²) in [4.78, 5) is 0. The molecule has 0 unspecified atom stereocenters. The molecular formula is C9H13FN+. The highest BCUT2D eigenvalue weighted by molar-refractivity contribution is 4.86. The highest BCUT2D eigenvalue weighted by Gasteiger charge is 2.24. The van der Waals surface area contributed by atoms with Gasteiger partial charge in [-0.1, -0.05) is 0 Å². The molecule has 11 heavy (non-hydrogen) atoms. The average Bonchev–Trinajstić information content (AvgIpc) is 1.86. The van der Waals surface area contributed by atoms with Crippen LogP contribution in [-0.2, 0) is 5.54 Å². The van der Waals surface area contributed by atoms with Crippen LogP contribution in [-0.4, -0.2) is 0 Å². The molecule has 0 bridgehead atoms. The Morgan fingerprint density at radius 3 is 2.27 bits per heavy atom. The molecule has 1 heterocycles. The van der Waals surface area contributed by atoms with Gasteiger partial charge >= 0.3 is 5.95 Å². The van der Waals surface area contributed by atoms with Crippen LogP contribution in [0.2, 0.25) is 0 Å². The van der Waals surface area contributed by atoms with Crippen LogP contribution in [0.4, 0.5) is 4.39 Å². The Morgan fingerprint density at radius 1 is 1.27 bits per heavy atom. The van der Waals surface area contributed by atoms with Crippen LogP contribution < -0.4 is 4.57 Å². The molecule has 0 N–H and O–H groups in total. The highest BCUT2D eigenvalue weighted by atomic mass is 19.1. The lowest BCUT2D eigenvalue weighted by atomic mass is 10.1. The summed E-state index contributed by atoms with van der Waals surface area (Å²) in [5.41, 5.74) is -0.175. The molecule has 0 aromatic carbocycles. The molecule has 2 heteroatoms. The zero-order valence-electron chi connectivity index (χ0n) is 7.13. The van der Waals surface area contributed by atoms with Crippen molar-refractivity contribution in [1.82, 2.24) is 0 Å². The van der Waals surface area contributed by atoms with Gasteiger partial charge in [-0.25, -0.2) is 0 Å². The van der Waals surface area contributed by atoms with E-state index in [0.717, 1.165) is 0 Å². The van der Waals surface area contributed by atoms with Crippen LogP contribution in [0.15, 0.2) is 24.4 Å². The van der Waals surface area contributed by atoms with Crippen molar-refractivity contribution >= 4 is 0 Å². The smallest absolute Gasteiger partial charge is 0.169 e. The Balaban J connectivity index is 3.14. The molecule has 0 saturated heterocycles. The predicted molar refractivity (Wildman–Crippen MR) is 41.6 cm³/mol. The van der Waals surface area contributed by atoms with Gasteiger partial charge in [0, 0.05) is 32.9 Å². The molecular weight excluding hydrogens is 141 g/mol. The van der Waals surface area contributed by atoms with Crippen molar-refractivity contribution in [3.63, 3.8) is 0 Å². The third-order valence-corrected chi connectivity index (χ3v) is 1.53. The summed E-state index contributed by atoms with van der Waals surface area (Å²) in [5.74, 6) is -0.194. The van der Waals surface area contributed by atoms with E-state index < -0.39 is 0 Å². The molecule has 1 nitrogen and oxygen atoms in total. The van der Waals surface area contributed by atoms with E-state index in [9.17, 15) is 4.39 Å². The average molecular weight is 154 g/mol. The Morgan fingerprint density at radius 2 is 1.91 bits per heavy atom. The van der Waals surface area contributed by atoms with Crippen LogP contribution in [0.25, 0.3) is 0 Å².